The van der Waals surface area contributed by atoms with E-state index < -0.39 is 5.97 Å². The summed E-state index contributed by atoms with van der Waals surface area (Å²) in [6, 6.07) is 15.5. The molecule has 2 aromatic carbocycles. The number of hydrogen-bond donors (Lipinski definition) is 2. The number of aromatic nitrogens is 2. The number of nitrogens with two attached hydrogens (primary N) is 1. The van der Waals surface area contributed by atoms with Gasteiger partial charge in [-0.3, -0.25) is 9.97 Å². The second-order valence-corrected chi connectivity index (χ2v) is 10.2. The number of ether oxygens (including phenoxy) is 2. The number of carbonyl (C=O) groups excluding carboxylic acids is 2. The van der Waals surface area contributed by atoms with Gasteiger partial charge in [0.05, 0.1) is 34.3 Å². The van der Waals surface area contributed by atoms with Crippen molar-refractivity contribution >= 4 is 68.5 Å². The zero-order valence-corrected chi connectivity index (χ0v) is 26.2. The van der Waals surface area contributed by atoms with Crippen molar-refractivity contribution in [3.05, 3.63) is 93.9 Å². The predicted molar refractivity (Wildman–Crippen MR) is 177 cm³/mol. The van der Waals surface area contributed by atoms with Gasteiger partial charge in [0.15, 0.2) is 0 Å². The highest BCUT2D eigenvalue weighted by molar-refractivity contribution is 6.31. The van der Waals surface area contributed by atoms with Crippen molar-refractivity contribution in [3.8, 4) is 12.3 Å². The van der Waals surface area contributed by atoms with Gasteiger partial charge in [0.25, 0.3) is 0 Å². The molecule has 0 aliphatic carbocycles. The number of halogens is 2. The normalized spacial score (nSPS) is 12.1. The number of oxime groups is 1. The number of carbonyl (C=O) groups is 2. The van der Waals surface area contributed by atoms with Gasteiger partial charge in [0.2, 0.25) is 0 Å². The van der Waals surface area contributed by atoms with E-state index in [9.17, 15) is 9.59 Å². The average Bonchev–Trinajstić information content (AvgIpc) is 3.50. The molecule has 45 heavy (non-hydrogen) atoms. The van der Waals surface area contributed by atoms with E-state index >= 15 is 0 Å². The second-order valence-electron chi connectivity index (χ2n) is 9.36. The van der Waals surface area contributed by atoms with Crippen LogP contribution in [0, 0.1) is 12.3 Å². The number of aliphatic imine (C=N–C) groups is 1. The fraction of sp³-hybridized carbons (Fsp3) is 0.212. The molecule has 1 aliphatic rings. The first-order chi connectivity index (χ1) is 21.6. The Balaban J connectivity index is 0.000000210. The molecule has 12 heteroatoms. The standard InChI is InChI=1S/C17H15ClN2O2.C11H10ClN3O.C5H6O2/c1-2-22-17(21)16-6-4-14(20-16)8-11-3-5-15-12(7-11)9-13(18)10-19-15;12-9-5-8-3-7(4-11(13)15-16)1-2-10(8)14-6-9;1-3-5(6)7-4-2/h3,5-7,9-10H,2,4,8H2,1H3;1-3,5-6,16H,4H2,(H2,13,15);1H,4H2,2H3. The van der Waals surface area contributed by atoms with Crippen LogP contribution in [0.4, 0.5) is 0 Å². The molecular formula is C33H31Cl2N5O5. The van der Waals surface area contributed by atoms with E-state index in [-0.39, 0.29) is 11.8 Å². The molecule has 5 rings (SSSR count). The highest BCUT2D eigenvalue weighted by atomic mass is 35.5. The van der Waals surface area contributed by atoms with Crippen molar-refractivity contribution in [2.24, 2.45) is 15.9 Å². The third-order valence-electron chi connectivity index (χ3n) is 6.03. The Hall–Kier alpha value is -4.98. The SMILES string of the molecule is C#CC(=O)OCC.CCOC(=O)C1=CCC(Cc2ccc3ncc(Cl)cc3c2)=N1.NC(Cc1ccc2ncc(Cl)cc2c1)=NO. The van der Waals surface area contributed by atoms with Gasteiger partial charge >= 0.3 is 11.9 Å². The molecule has 0 amide bonds. The molecule has 0 saturated heterocycles. The fourth-order valence-electron chi connectivity index (χ4n) is 4.10. The summed E-state index contributed by atoms with van der Waals surface area (Å²) >= 11 is 11.8. The lowest BCUT2D eigenvalue weighted by molar-refractivity contribution is -0.138. The first kappa shape index (κ1) is 34.5. The number of benzene rings is 2. The summed E-state index contributed by atoms with van der Waals surface area (Å²) in [5.41, 5.74) is 10.6. The molecule has 3 heterocycles. The molecule has 2 aromatic heterocycles. The van der Waals surface area contributed by atoms with Crippen LogP contribution in [0.5, 0.6) is 0 Å². The molecule has 232 valence electrons. The lowest BCUT2D eigenvalue weighted by Gasteiger charge is -2.04. The Bertz CT molecular complexity index is 1810. The van der Waals surface area contributed by atoms with Gasteiger partial charge in [-0.25, -0.2) is 14.6 Å². The molecule has 1 aliphatic heterocycles. The highest BCUT2D eigenvalue weighted by Crippen LogP contribution is 2.21. The lowest BCUT2D eigenvalue weighted by atomic mass is 10.0. The largest absolute Gasteiger partial charge is 0.461 e. The number of rotatable bonds is 7. The first-order valence-corrected chi connectivity index (χ1v) is 14.5. The van der Waals surface area contributed by atoms with E-state index in [1.54, 1.807) is 32.2 Å². The van der Waals surface area contributed by atoms with Crippen molar-refractivity contribution in [1.29, 1.82) is 0 Å². The first-order valence-electron chi connectivity index (χ1n) is 13.8. The number of terminal acetylenes is 1. The quantitative estimate of drug-likeness (QED) is 0.0466. The lowest BCUT2D eigenvalue weighted by Crippen LogP contribution is -2.14. The number of esters is 2. The molecule has 4 aromatic rings. The Morgan fingerprint density at radius 2 is 1.53 bits per heavy atom. The maximum atomic E-state index is 11.6. The number of nitrogens with zero attached hydrogens (tertiary/aromatic N) is 4. The Labute approximate surface area is 270 Å². The van der Waals surface area contributed by atoms with Crippen LogP contribution in [0.15, 0.2) is 82.8 Å². The third-order valence-corrected chi connectivity index (χ3v) is 6.45. The van der Waals surface area contributed by atoms with Gasteiger partial charge in [0.1, 0.15) is 11.5 Å². The van der Waals surface area contributed by atoms with Crippen LogP contribution < -0.4 is 5.73 Å². The highest BCUT2D eigenvalue weighted by Gasteiger charge is 2.16. The minimum absolute atomic E-state index is 0.175. The van der Waals surface area contributed by atoms with E-state index in [4.69, 9.17) is 38.9 Å². The van der Waals surface area contributed by atoms with Crippen LogP contribution in [-0.4, -0.2) is 51.9 Å². The average molecular weight is 649 g/mol. The molecule has 0 saturated carbocycles. The zero-order valence-electron chi connectivity index (χ0n) is 24.7. The van der Waals surface area contributed by atoms with Crippen molar-refractivity contribution in [3.63, 3.8) is 0 Å². The summed E-state index contributed by atoms with van der Waals surface area (Å²) < 4.78 is 9.27. The van der Waals surface area contributed by atoms with E-state index in [1.807, 2.05) is 48.5 Å². The third kappa shape index (κ3) is 10.9. The minimum Gasteiger partial charge on any atom is -0.461 e. The van der Waals surface area contributed by atoms with Gasteiger partial charge in [-0.1, -0.05) is 40.5 Å². The van der Waals surface area contributed by atoms with Crippen LogP contribution in [0.1, 0.15) is 31.4 Å². The molecule has 0 atom stereocenters. The van der Waals surface area contributed by atoms with Gasteiger partial charge in [-0.2, -0.15) is 0 Å². The van der Waals surface area contributed by atoms with E-state index in [0.717, 1.165) is 38.6 Å². The number of pyridine rings is 2. The van der Waals surface area contributed by atoms with Gasteiger partial charge in [-0.05, 0) is 67.4 Å². The van der Waals surface area contributed by atoms with Gasteiger partial charge < -0.3 is 20.4 Å². The van der Waals surface area contributed by atoms with Gasteiger partial charge in [-0.15, -0.1) is 6.42 Å². The fourth-order valence-corrected chi connectivity index (χ4v) is 4.44. The Kier molecular flexibility index (Phi) is 13.3. The van der Waals surface area contributed by atoms with E-state index in [0.29, 0.717) is 48.2 Å². The van der Waals surface area contributed by atoms with E-state index in [1.165, 1.54) is 0 Å². The molecule has 0 unspecified atom stereocenters. The summed E-state index contributed by atoms with van der Waals surface area (Å²) in [5.74, 6) is 1.03. The number of allylic oxidation sites excluding steroid dienone is 1. The number of hydrogen-bond acceptors (Lipinski definition) is 9. The van der Waals surface area contributed by atoms with Gasteiger partial charge in [0, 0.05) is 54.1 Å². The molecule has 3 N–H and O–H groups in total. The van der Waals surface area contributed by atoms with Crippen molar-refractivity contribution in [2.75, 3.05) is 13.2 Å². The van der Waals surface area contributed by atoms with Crippen LogP contribution in [-0.2, 0) is 31.9 Å². The molecular weight excluding hydrogens is 617 g/mol. The second kappa shape index (κ2) is 17.3. The van der Waals surface area contributed by atoms with Crippen molar-refractivity contribution in [1.82, 2.24) is 9.97 Å². The van der Waals surface area contributed by atoms with E-state index in [2.05, 4.69) is 37.3 Å². The zero-order chi connectivity index (χ0) is 32.8. The van der Waals surface area contributed by atoms with Crippen LogP contribution in [0.3, 0.4) is 0 Å². The molecule has 0 bridgehead atoms. The summed E-state index contributed by atoms with van der Waals surface area (Å²) in [7, 11) is 0. The maximum Gasteiger partial charge on any atom is 0.384 e. The molecule has 0 radical (unpaired) electrons. The smallest absolute Gasteiger partial charge is 0.384 e. The monoisotopic (exact) mass is 647 g/mol. The maximum absolute atomic E-state index is 11.6. The topological polar surface area (TPSA) is 149 Å². The van der Waals surface area contributed by atoms with Crippen molar-refractivity contribution in [2.45, 2.75) is 33.1 Å². The van der Waals surface area contributed by atoms with Crippen LogP contribution >= 0.6 is 23.2 Å². The molecule has 10 nitrogen and oxygen atoms in total. The summed E-state index contributed by atoms with van der Waals surface area (Å²) in [5, 5.41) is 14.6. The Morgan fingerprint density at radius 1 is 0.956 bits per heavy atom. The minimum atomic E-state index is -0.595. The summed E-state index contributed by atoms with van der Waals surface area (Å²) in [6.45, 7) is 4.20. The van der Waals surface area contributed by atoms with Crippen molar-refractivity contribution < 1.29 is 24.3 Å². The number of amidine groups is 1. The van der Waals surface area contributed by atoms with Crippen LogP contribution in [0.2, 0.25) is 10.0 Å². The number of fused-ring (bicyclic) bond motifs is 2. The predicted octanol–water partition coefficient (Wildman–Crippen LogP) is 6.08. The Morgan fingerprint density at radius 3 is 2.07 bits per heavy atom. The van der Waals surface area contributed by atoms with Crippen LogP contribution in [0.25, 0.3) is 21.8 Å². The molecule has 0 fully saturated rings. The molecule has 0 spiro atoms. The summed E-state index contributed by atoms with van der Waals surface area (Å²) in [6.07, 6.45) is 11.5. The summed E-state index contributed by atoms with van der Waals surface area (Å²) in [4.78, 5) is 34.4.